The van der Waals surface area contributed by atoms with Crippen molar-refractivity contribution < 1.29 is 164 Å². The first-order valence-electron chi connectivity index (χ1n) is 0. The maximum Gasteiger partial charge on any atom is 3.00 e. The summed E-state index contributed by atoms with van der Waals surface area (Å²) in [7, 11) is 0. The Hall–Kier alpha value is 5.93. The Morgan fingerprint density at radius 1 is 0.364 bits per heavy atom. The van der Waals surface area contributed by atoms with Crippen LogP contribution in [0.1, 0.15) is 0 Å². The van der Waals surface area contributed by atoms with Crippen molar-refractivity contribution in [3.8, 4) is 0 Å². The van der Waals surface area contributed by atoms with Crippen molar-refractivity contribution >= 4 is 51.7 Å². The van der Waals surface area contributed by atoms with Crippen molar-refractivity contribution in [2.24, 2.45) is 0 Å². The molecule has 0 aliphatic heterocycles. The van der Waals surface area contributed by atoms with E-state index in [0.717, 1.165) is 0 Å². The van der Waals surface area contributed by atoms with Crippen LogP contribution in [0.15, 0.2) is 0 Å². The third-order valence-corrected chi connectivity index (χ3v) is 0. The van der Waals surface area contributed by atoms with Crippen LogP contribution in [0.25, 0.3) is 0 Å². The molecule has 0 aromatic rings. The van der Waals surface area contributed by atoms with E-state index in [2.05, 4.69) is 0 Å². The Bertz CT molecular complexity index is 20.4. The van der Waals surface area contributed by atoms with Crippen LogP contribution in [0.4, 0.5) is 0 Å². The van der Waals surface area contributed by atoms with Crippen molar-refractivity contribution in [1.82, 2.24) is 0 Å². The Balaban J connectivity index is 0. The quantitative estimate of drug-likeness (QED) is 0.275. The van der Waals surface area contributed by atoms with E-state index < -0.39 is 0 Å². The predicted octanol–water partition coefficient (Wildman–Crippen LogP) is -1.36. The van der Waals surface area contributed by atoms with Gasteiger partial charge in [0, 0.05) is 97.8 Å². The maximum absolute atomic E-state index is 0. The van der Waals surface area contributed by atoms with Crippen molar-refractivity contribution in [3.63, 3.8) is 0 Å². The van der Waals surface area contributed by atoms with Crippen molar-refractivity contribution in [2.45, 2.75) is 0 Å². The molecule has 0 saturated heterocycles. The van der Waals surface area contributed by atoms with E-state index in [1.165, 1.54) is 0 Å². The second-order valence-corrected chi connectivity index (χ2v) is 0. The molecule has 0 atom stereocenters. The van der Waals surface area contributed by atoms with Gasteiger partial charge in [0.25, 0.3) is 0 Å². The Labute approximate surface area is 210 Å². The largest absolute Gasteiger partial charge is 3.00 e. The van der Waals surface area contributed by atoms with Crippen molar-refractivity contribution in [2.75, 3.05) is 0 Å². The summed E-state index contributed by atoms with van der Waals surface area (Å²) in [6, 6.07) is 0. The fraction of sp³-hybridized carbons (Fsp3) is 0. The molecule has 5 nitrogen and oxygen atoms in total. The molecule has 0 fully saturated rings. The monoisotopic (exact) mass is 701 g/mol. The SMILES string of the molecule is [In+3].[In+3].[O-2].[O-2].[O-2].[O-2].[O-2].[Xe].[Xe].[Zn+2].[Zn+2]. The topological polar surface area (TPSA) is 142 Å². The molecule has 0 aliphatic carbocycles. The summed E-state index contributed by atoms with van der Waals surface area (Å²) in [5.74, 6) is 0. The number of hydrogen-bond donors (Lipinski definition) is 0. The molecule has 0 bridgehead atoms. The van der Waals surface area contributed by atoms with Gasteiger partial charge in [-0.25, -0.2) is 0 Å². The fourth-order valence-corrected chi connectivity index (χ4v) is 0. The number of rotatable bonds is 0. The molecule has 0 rings (SSSR count). The molecule has 11 heteroatoms. The molecule has 0 N–H and O–H groups in total. The van der Waals surface area contributed by atoms with E-state index >= 15 is 0 Å². The molecule has 0 aromatic heterocycles. The second-order valence-electron chi connectivity index (χ2n) is 0. The molecule has 56 valence electrons. The van der Waals surface area contributed by atoms with E-state index in [-0.39, 0.29) is 216 Å². The standard InChI is InChI=1S/2In.5O.2Xe.2Zn/q2*+3;5*-2;;;2*+2. The van der Waals surface area contributed by atoms with Gasteiger partial charge in [-0.1, -0.05) is 0 Å². The average Bonchev–Trinajstić information content (AvgIpc) is 0. The van der Waals surface area contributed by atoms with Crippen LogP contribution in [0.2, 0.25) is 0 Å². The Kier molecular flexibility index (Phi) is 1120. The van der Waals surface area contributed by atoms with Gasteiger partial charge in [-0.2, -0.15) is 0 Å². The van der Waals surface area contributed by atoms with Crippen LogP contribution >= 0.6 is 0 Å². The normalized spacial score (nSPS) is 0. The van der Waals surface area contributed by atoms with Crippen LogP contribution in [0.3, 0.4) is 0 Å². The van der Waals surface area contributed by atoms with Gasteiger partial charge >= 0.3 is 90.6 Å². The van der Waals surface area contributed by atoms with Gasteiger partial charge in [0.1, 0.15) is 0 Å². The first-order chi connectivity index (χ1) is 0. The minimum Gasteiger partial charge on any atom is -2.00 e. The summed E-state index contributed by atoms with van der Waals surface area (Å²) in [6.45, 7) is 0. The van der Waals surface area contributed by atoms with Crippen LogP contribution in [-0.4, -0.2) is 51.7 Å². The summed E-state index contributed by atoms with van der Waals surface area (Å²) in [6.07, 6.45) is 0. The summed E-state index contributed by atoms with van der Waals surface area (Å²) >= 11 is 0. The second kappa shape index (κ2) is 101. The zero-order valence-electron chi connectivity index (χ0n) is 5.32. The molecular weight excluding hydrogens is 703 g/mol. The maximum atomic E-state index is 0. The molecule has 0 radical (unpaired) electrons. The van der Waals surface area contributed by atoms with Gasteiger partial charge < -0.3 is 27.4 Å². The third kappa shape index (κ3) is 87.9. The molecular formula is In2O5Xe2Zn2. The predicted molar refractivity (Wildman–Crippen MR) is 14.9 cm³/mol. The van der Waals surface area contributed by atoms with Crippen molar-refractivity contribution in [3.05, 3.63) is 0 Å². The van der Waals surface area contributed by atoms with Gasteiger partial charge in [-0.15, -0.1) is 0 Å². The summed E-state index contributed by atoms with van der Waals surface area (Å²) < 4.78 is 0. The molecule has 0 saturated carbocycles. The van der Waals surface area contributed by atoms with Gasteiger partial charge in [-0.3, -0.25) is 0 Å². The summed E-state index contributed by atoms with van der Waals surface area (Å²) in [5.41, 5.74) is 0. The Morgan fingerprint density at radius 3 is 0.364 bits per heavy atom. The van der Waals surface area contributed by atoms with E-state index in [9.17, 15) is 0 Å². The first-order valence-corrected chi connectivity index (χ1v) is 0. The van der Waals surface area contributed by atoms with Crippen molar-refractivity contribution in [1.29, 1.82) is 0 Å². The summed E-state index contributed by atoms with van der Waals surface area (Å²) in [5, 5.41) is 0. The van der Waals surface area contributed by atoms with E-state index in [1.807, 2.05) is 0 Å². The molecule has 0 aromatic carbocycles. The minimum atomic E-state index is 0. The van der Waals surface area contributed by atoms with Crippen LogP contribution < -0.4 is 0 Å². The molecule has 0 unspecified atom stereocenters. The van der Waals surface area contributed by atoms with E-state index in [4.69, 9.17) is 0 Å². The Morgan fingerprint density at radius 2 is 0.364 bits per heavy atom. The minimum absolute atomic E-state index is 0. The van der Waals surface area contributed by atoms with Gasteiger partial charge in [0.15, 0.2) is 0 Å². The van der Waals surface area contributed by atoms with Gasteiger partial charge in [-0.05, 0) is 0 Å². The number of hydrogen-bond acceptors (Lipinski definition) is 0. The molecule has 11 heavy (non-hydrogen) atoms. The molecule has 0 heterocycles. The zero-order valence-corrected chi connectivity index (χ0v) is 21.9. The van der Waals surface area contributed by atoms with E-state index in [0.29, 0.717) is 0 Å². The third-order valence-electron chi connectivity index (χ3n) is 0. The summed E-state index contributed by atoms with van der Waals surface area (Å²) in [4.78, 5) is 0. The fourth-order valence-electron chi connectivity index (χ4n) is 0. The smallest absolute Gasteiger partial charge is 2.00 e. The first kappa shape index (κ1) is 122. The van der Waals surface area contributed by atoms with E-state index in [1.54, 1.807) is 0 Å². The molecule has 0 amide bonds. The van der Waals surface area contributed by atoms with Gasteiger partial charge in [0.2, 0.25) is 0 Å². The molecule has 0 aliphatic rings. The van der Waals surface area contributed by atoms with Crippen LogP contribution in [0.5, 0.6) is 0 Å². The van der Waals surface area contributed by atoms with Crippen LogP contribution in [-0.2, 0) is 66.3 Å². The van der Waals surface area contributed by atoms with Gasteiger partial charge in [0.05, 0.1) is 0 Å². The zero-order chi connectivity index (χ0) is 0. The van der Waals surface area contributed by atoms with Crippen LogP contribution in [0, 0.1) is 97.8 Å². The molecule has 0 spiro atoms. The average molecular weight is 703 g/mol.